The third kappa shape index (κ3) is 4.40. The largest absolute Gasteiger partial charge is 0.442 e. The highest BCUT2D eigenvalue weighted by atomic mass is 31.2. The first-order chi connectivity index (χ1) is 10.5. The van der Waals surface area contributed by atoms with Crippen molar-refractivity contribution in [2.45, 2.75) is 26.6 Å². The number of benzene rings is 2. The number of rotatable bonds is 6. The fraction of sp³-hybridized carbons (Fsp3) is 0.278. The van der Waals surface area contributed by atoms with E-state index < -0.39 is 7.34 Å². The van der Waals surface area contributed by atoms with Gasteiger partial charge in [0.2, 0.25) is 7.34 Å². The van der Waals surface area contributed by atoms with Gasteiger partial charge in [-0.15, -0.1) is 0 Å². The van der Waals surface area contributed by atoms with Crippen molar-refractivity contribution in [3.8, 4) is 11.5 Å². The Hall–Kier alpha value is -1.70. The summed E-state index contributed by atoms with van der Waals surface area (Å²) in [5, 5.41) is 0. The molecule has 0 saturated heterocycles. The molecule has 2 rings (SSSR count). The molecule has 0 bridgehead atoms. The zero-order valence-electron chi connectivity index (χ0n) is 13.3. The summed E-state index contributed by atoms with van der Waals surface area (Å²) in [6.45, 7) is 6.16. The van der Waals surface area contributed by atoms with Gasteiger partial charge in [-0.3, -0.25) is 0 Å². The Bertz CT molecular complexity index is 579. The summed E-state index contributed by atoms with van der Waals surface area (Å²) in [6, 6.07) is 19.4. The van der Waals surface area contributed by atoms with Crippen molar-refractivity contribution in [2.24, 2.45) is 11.7 Å². The lowest BCUT2D eigenvalue weighted by atomic mass is 10.3. The van der Waals surface area contributed by atoms with E-state index in [0.717, 1.165) is 11.5 Å². The van der Waals surface area contributed by atoms with Crippen LogP contribution in [0.4, 0.5) is 0 Å². The van der Waals surface area contributed by atoms with Crippen molar-refractivity contribution in [3.05, 3.63) is 60.7 Å². The van der Waals surface area contributed by atoms with Crippen LogP contribution in [0.1, 0.15) is 20.8 Å². The molecule has 0 aliphatic carbocycles. The van der Waals surface area contributed by atoms with Gasteiger partial charge in [0, 0.05) is 0 Å². The Labute approximate surface area is 133 Å². The van der Waals surface area contributed by atoms with Crippen LogP contribution in [-0.2, 0) is 0 Å². The number of hydrogen-bond donors (Lipinski definition) is 1. The molecule has 22 heavy (non-hydrogen) atoms. The first kappa shape index (κ1) is 16.7. The van der Waals surface area contributed by atoms with Gasteiger partial charge < -0.3 is 14.8 Å². The summed E-state index contributed by atoms with van der Waals surface area (Å²) >= 11 is 0. The van der Waals surface area contributed by atoms with Crippen LogP contribution in [0.2, 0.25) is 0 Å². The molecule has 118 valence electrons. The minimum atomic E-state index is -2.42. The molecule has 2 aromatic rings. The summed E-state index contributed by atoms with van der Waals surface area (Å²) in [4.78, 5) is 0. The minimum Gasteiger partial charge on any atom is -0.442 e. The molecule has 0 aliphatic heterocycles. The minimum absolute atomic E-state index is 0.227. The second-order valence-electron chi connectivity index (χ2n) is 5.59. The van der Waals surface area contributed by atoms with Crippen LogP contribution >= 0.6 is 7.34 Å². The average molecular weight is 317 g/mol. The maximum Gasteiger partial charge on any atom is 0.234 e. The van der Waals surface area contributed by atoms with Crippen LogP contribution in [0.3, 0.4) is 0 Å². The Morgan fingerprint density at radius 3 is 1.55 bits per heavy atom. The smallest absolute Gasteiger partial charge is 0.234 e. The van der Waals surface area contributed by atoms with Crippen molar-refractivity contribution in [1.82, 2.24) is 0 Å². The fourth-order valence-electron chi connectivity index (χ4n) is 2.09. The van der Waals surface area contributed by atoms with E-state index in [9.17, 15) is 0 Å². The van der Waals surface area contributed by atoms with Crippen LogP contribution < -0.4 is 14.8 Å². The Morgan fingerprint density at radius 1 is 0.818 bits per heavy atom. The quantitative estimate of drug-likeness (QED) is 0.782. The second kappa shape index (κ2) is 7.53. The summed E-state index contributed by atoms with van der Waals surface area (Å²) in [5.74, 6) is 3.77. The van der Waals surface area contributed by atoms with Gasteiger partial charge in [0.05, 0.1) is 5.78 Å². The van der Waals surface area contributed by atoms with Crippen molar-refractivity contribution in [2.75, 3.05) is 0 Å². The van der Waals surface area contributed by atoms with Gasteiger partial charge in [-0.25, -0.2) is 0 Å². The molecule has 0 radical (unpaired) electrons. The Morgan fingerprint density at radius 2 is 1.23 bits per heavy atom. The monoisotopic (exact) mass is 317 g/mol. The molecule has 2 aromatic carbocycles. The first-order valence-corrected chi connectivity index (χ1v) is 9.27. The van der Waals surface area contributed by atoms with Gasteiger partial charge in [0.1, 0.15) is 11.5 Å². The molecule has 0 fully saturated rings. The lowest BCUT2D eigenvalue weighted by molar-refractivity contribution is 0.470. The zero-order chi connectivity index (χ0) is 16.0. The fourth-order valence-corrected chi connectivity index (χ4v) is 4.59. The predicted octanol–water partition coefficient (Wildman–Crippen LogP) is 4.75. The molecule has 0 heterocycles. The van der Waals surface area contributed by atoms with Crippen LogP contribution in [0.15, 0.2) is 60.7 Å². The van der Waals surface area contributed by atoms with Gasteiger partial charge in [-0.2, -0.15) is 0 Å². The summed E-state index contributed by atoms with van der Waals surface area (Å²) < 4.78 is 12.6. The molecular formula is C18H24NO2P. The normalized spacial score (nSPS) is 12.8. The molecule has 0 aliphatic rings. The lowest BCUT2D eigenvalue weighted by Crippen LogP contribution is -2.24. The van der Waals surface area contributed by atoms with Crippen molar-refractivity contribution >= 4 is 13.1 Å². The predicted molar refractivity (Wildman–Crippen MR) is 95.6 cm³/mol. The Kier molecular flexibility index (Phi) is 5.70. The summed E-state index contributed by atoms with van der Waals surface area (Å²) in [6.07, 6.45) is 0. The highest BCUT2D eigenvalue weighted by Gasteiger charge is 2.28. The van der Waals surface area contributed by atoms with E-state index in [-0.39, 0.29) is 5.78 Å². The third-order valence-corrected chi connectivity index (χ3v) is 6.20. The molecule has 1 unspecified atom stereocenters. The van der Waals surface area contributed by atoms with Crippen molar-refractivity contribution in [3.63, 3.8) is 0 Å². The van der Waals surface area contributed by atoms with Gasteiger partial charge in [0.25, 0.3) is 0 Å². The van der Waals surface area contributed by atoms with E-state index >= 15 is 0 Å². The third-order valence-electron chi connectivity index (χ3n) is 3.06. The van der Waals surface area contributed by atoms with Crippen LogP contribution in [-0.4, -0.2) is 11.6 Å². The summed E-state index contributed by atoms with van der Waals surface area (Å²) in [7, 11) is -2.42. The van der Waals surface area contributed by atoms with Crippen LogP contribution in [0.25, 0.3) is 0 Å². The van der Waals surface area contributed by atoms with Gasteiger partial charge in [-0.05, 0) is 42.9 Å². The van der Waals surface area contributed by atoms with E-state index in [4.69, 9.17) is 14.8 Å². The topological polar surface area (TPSA) is 44.5 Å². The number of para-hydroxylation sites is 2. The Balaban J connectivity index is 2.42. The number of nitrogens with two attached hydrogens (primary N) is 1. The molecule has 0 aromatic heterocycles. The molecule has 3 nitrogen and oxygen atoms in total. The average Bonchev–Trinajstić information content (AvgIpc) is 2.48. The zero-order valence-corrected chi connectivity index (χ0v) is 14.2. The highest BCUT2D eigenvalue weighted by Crippen LogP contribution is 2.52. The van der Waals surface area contributed by atoms with E-state index in [1.807, 2.05) is 67.6 Å². The lowest BCUT2D eigenvalue weighted by Gasteiger charge is -2.31. The van der Waals surface area contributed by atoms with Crippen molar-refractivity contribution in [1.29, 1.82) is 0 Å². The van der Waals surface area contributed by atoms with Crippen molar-refractivity contribution < 1.29 is 9.05 Å². The van der Waals surface area contributed by atoms with E-state index in [2.05, 4.69) is 19.6 Å². The maximum absolute atomic E-state index is 6.29. The first-order valence-electron chi connectivity index (χ1n) is 7.51. The van der Waals surface area contributed by atoms with Gasteiger partial charge in [0.15, 0.2) is 0 Å². The second-order valence-corrected chi connectivity index (χ2v) is 8.36. The summed E-state index contributed by atoms with van der Waals surface area (Å²) in [5.41, 5.74) is 6.28. The molecule has 0 saturated carbocycles. The molecule has 1 atom stereocenters. The molecule has 2 N–H and O–H groups in total. The van der Waals surface area contributed by atoms with Crippen LogP contribution in [0.5, 0.6) is 11.5 Å². The van der Waals surface area contributed by atoms with E-state index in [1.54, 1.807) is 0 Å². The molecule has 0 spiro atoms. The van der Waals surface area contributed by atoms with Gasteiger partial charge in [-0.1, -0.05) is 50.2 Å². The van der Waals surface area contributed by atoms with E-state index in [1.165, 1.54) is 0 Å². The molecule has 0 amide bonds. The SMILES string of the molecule is CC(C)C=P(Oc1ccccc1)(Oc1ccccc1)C(C)N. The molecular weight excluding hydrogens is 293 g/mol. The molecule has 4 heteroatoms. The van der Waals surface area contributed by atoms with Crippen LogP contribution in [0, 0.1) is 5.92 Å². The van der Waals surface area contributed by atoms with Gasteiger partial charge >= 0.3 is 0 Å². The number of hydrogen-bond acceptors (Lipinski definition) is 3. The highest BCUT2D eigenvalue weighted by molar-refractivity contribution is 7.67. The standard InChI is InChI=1S/C18H24NO2P/c1-15(2)14-22(16(3)19,20-17-10-6-4-7-11-17)21-18-12-8-5-9-13-18/h4-16H,19H2,1-3H3. The maximum atomic E-state index is 6.29. The van der Waals surface area contributed by atoms with E-state index in [0.29, 0.717) is 5.92 Å².